The second-order valence-electron chi connectivity index (χ2n) is 5.56. The minimum atomic E-state index is -3.72. The van der Waals surface area contributed by atoms with Crippen LogP contribution in [0, 0.1) is 0 Å². The highest BCUT2D eigenvalue weighted by molar-refractivity contribution is 9.10. The number of aryl methyl sites for hydroxylation is 1. The smallest absolute Gasteiger partial charge is 0.243 e. The maximum atomic E-state index is 12.5. The Bertz CT molecular complexity index is 818. The topological polar surface area (TPSA) is 84.3 Å². The van der Waals surface area contributed by atoms with E-state index in [2.05, 4.69) is 33.3 Å². The Morgan fingerprint density at radius 3 is 2.60 bits per heavy atom. The van der Waals surface area contributed by atoms with E-state index < -0.39 is 15.9 Å². The lowest BCUT2D eigenvalue weighted by molar-refractivity contribution is -0.116. The quantitative estimate of drug-likeness (QED) is 0.700. The Labute approximate surface area is 156 Å². The molecule has 0 unspecified atom stereocenters. The summed E-state index contributed by atoms with van der Waals surface area (Å²) in [6, 6.07) is 7.97. The van der Waals surface area contributed by atoms with Gasteiger partial charge in [0.15, 0.2) is 0 Å². The molecule has 0 fully saturated rings. The van der Waals surface area contributed by atoms with Crippen LogP contribution in [-0.4, -0.2) is 42.0 Å². The van der Waals surface area contributed by atoms with E-state index in [1.54, 1.807) is 29.1 Å². The Kier molecular flexibility index (Phi) is 6.74. The van der Waals surface area contributed by atoms with Gasteiger partial charge < -0.3 is 5.32 Å². The number of sulfonamides is 1. The third-order valence-corrected chi connectivity index (χ3v) is 5.94. The third kappa shape index (κ3) is 5.13. The molecule has 1 amide bonds. The zero-order valence-corrected chi connectivity index (χ0v) is 16.5. The third-order valence-electron chi connectivity index (χ3n) is 3.60. The van der Waals surface area contributed by atoms with Gasteiger partial charge in [0.05, 0.1) is 17.6 Å². The monoisotopic (exact) mass is 428 g/mol. The fourth-order valence-electron chi connectivity index (χ4n) is 2.18. The summed E-state index contributed by atoms with van der Waals surface area (Å²) in [7, 11) is -2.34. The second-order valence-corrected chi connectivity index (χ2v) is 8.52. The molecular weight excluding hydrogens is 408 g/mol. The van der Waals surface area contributed by atoms with Crippen LogP contribution in [0.4, 0.5) is 5.82 Å². The van der Waals surface area contributed by atoms with Crippen LogP contribution in [0.1, 0.15) is 19.8 Å². The number of amides is 1. The van der Waals surface area contributed by atoms with Crippen molar-refractivity contribution in [2.24, 2.45) is 0 Å². The van der Waals surface area contributed by atoms with Crippen molar-refractivity contribution in [1.82, 2.24) is 14.1 Å². The predicted octanol–water partition coefficient (Wildman–Crippen LogP) is 2.70. The zero-order chi connectivity index (χ0) is 18.4. The van der Waals surface area contributed by atoms with E-state index in [9.17, 15) is 13.2 Å². The summed E-state index contributed by atoms with van der Waals surface area (Å²) in [5.74, 6) is 0.148. The summed E-state index contributed by atoms with van der Waals surface area (Å²) < 4.78 is 28.5. The molecule has 1 aromatic heterocycles. The summed E-state index contributed by atoms with van der Waals surface area (Å²) in [4.78, 5) is 12.4. The van der Waals surface area contributed by atoms with Crippen molar-refractivity contribution >= 4 is 37.7 Å². The number of nitrogens with zero attached hydrogens (tertiary/aromatic N) is 3. The van der Waals surface area contributed by atoms with Gasteiger partial charge in [-0.3, -0.25) is 4.79 Å². The summed E-state index contributed by atoms with van der Waals surface area (Å²) in [6.07, 6.45) is 3.57. The van der Waals surface area contributed by atoms with E-state index in [0.717, 1.165) is 21.6 Å². The van der Waals surface area contributed by atoms with Crippen molar-refractivity contribution in [3.8, 4) is 0 Å². The summed E-state index contributed by atoms with van der Waals surface area (Å²) in [5, 5.41) is 6.87. The number of hydrogen-bond donors (Lipinski definition) is 1. The van der Waals surface area contributed by atoms with E-state index in [1.807, 2.05) is 0 Å². The molecule has 0 aliphatic carbocycles. The molecule has 0 aliphatic heterocycles. The van der Waals surface area contributed by atoms with Gasteiger partial charge >= 0.3 is 0 Å². The number of nitrogens with one attached hydrogen (secondary N) is 1. The molecule has 0 saturated heterocycles. The molecule has 7 nitrogen and oxygen atoms in total. The molecule has 1 N–H and O–H groups in total. The Balaban J connectivity index is 2.02. The Morgan fingerprint density at radius 2 is 1.96 bits per heavy atom. The van der Waals surface area contributed by atoms with Gasteiger partial charge in [-0.15, -0.1) is 0 Å². The highest BCUT2D eigenvalue weighted by Gasteiger charge is 2.23. The maximum Gasteiger partial charge on any atom is 0.243 e. The zero-order valence-electron chi connectivity index (χ0n) is 14.1. The second kappa shape index (κ2) is 8.59. The first-order valence-electron chi connectivity index (χ1n) is 7.88. The van der Waals surface area contributed by atoms with Crippen LogP contribution in [0.5, 0.6) is 0 Å². The van der Waals surface area contributed by atoms with Crippen LogP contribution in [0.25, 0.3) is 0 Å². The number of halogens is 1. The molecule has 2 aromatic rings. The summed E-state index contributed by atoms with van der Waals surface area (Å²) >= 11 is 3.27. The van der Waals surface area contributed by atoms with Gasteiger partial charge in [0, 0.05) is 24.1 Å². The van der Waals surface area contributed by atoms with Gasteiger partial charge in [0.2, 0.25) is 15.9 Å². The largest absolute Gasteiger partial charge is 0.310 e. The van der Waals surface area contributed by atoms with Crippen molar-refractivity contribution in [3.05, 3.63) is 41.0 Å². The first kappa shape index (κ1) is 19.6. The van der Waals surface area contributed by atoms with Crippen LogP contribution < -0.4 is 5.32 Å². The van der Waals surface area contributed by atoms with Gasteiger partial charge in [0.25, 0.3) is 0 Å². The Morgan fingerprint density at radius 1 is 1.28 bits per heavy atom. The van der Waals surface area contributed by atoms with Gasteiger partial charge in [-0.2, -0.15) is 9.40 Å². The van der Waals surface area contributed by atoms with Crippen LogP contribution in [0.2, 0.25) is 0 Å². The minimum Gasteiger partial charge on any atom is -0.310 e. The highest BCUT2D eigenvalue weighted by atomic mass is 79.9. The molecule has 0 radical (unpaired) electrons. The number of unbranched alkanes of at least 4 members (excludes halogenated alkanes) is 1. The molecule has 0 atom stereocenters. The van der Waals surface area contributed by atoms with E-state index in [-0.39, 0.29) is 11.4 Å². The molecule has 2 rings (SSSR count). The van der Waals surface area contributed by atoms with Gasteiger partial charge in [-0.05, 0) is 30.7 Å². The van der Waals surface area contributed by atoms with Crippen LogP contribution in [0.15, 0.2) is 45.9 Å². The molecular formula is C16H21BrN4O3S. The molecule has 0 bridgehead atoms. The van der Waals surface area contributed by atoms with Crippen LogP contribution >= 0.6 is 15.9 Å². The van der Waals surface area contributed by atoms with Gasteiger partial charge in [-0.25, -0.2) is 13.1 Å². The lowest BCUT2D eigenvalue weighted by atomic mass is 10.3. The first-order chi connectivity index (χ1) is 11.8. The first-order valence-corrected chi connectivity index (χ1v) is 10.1. The molecule has 25 heavy (non-hydrogen) atoms. The number of benzene rings is 1. The number of carbonyl (C=O) groups is 1. The average molecular weight is 429 g/mol. The number of aromatic nitrogens is 2. The van der Waals surface area contributed by atoms with E-state index in [1.165, 1.54) is 19.2 Å². The SMILES string of the molecule is CCCCn1nccc1NC(=O)CN(C)S(=O)(=O)c1ccc(Br)cc1. The molecule has 9 heteroatoms. The number of carbonyl (C=O) groups excluding carboxylic acids is 1. The average Bonchev–Trinajstić information content (AvgIpc) is 3.00. The van der Waals surface area contributed by atoms with E-state index in [0.29, 0.717) is 12.4 Å². The lowest BCUT2D eigenvalue weighted by Gasteiger charge is -2.17. The Hall–Kier alpha value is -1.71. The minimum absolute atomic E-state index is 0.138. The number of rotatable bonds is 8. The molecule has 0 saturated carbocycles. The number of anilines is 1. The standard InChI is InChI=1S/C16H21BrN4O3S/c1-3-4-11-21-15(9-10-18-21)19-16(22)12-20(2)25(23,24)14-7-5-13(17)6-8-14/h5-10H,3-4,11-12H2,1-2H3,(H,19,22). The fraction of sp³-hybridized carbons (Fsp3) is 0.375. The molecule has 1 heterocycles. The summed E-state index contributed by atoms with van der Waals surface area (Å²) in [6.45, 7) is 2.49. The molecule has 0 spiro atoms. The highest BCUT2D eigenvalue weighted by Crippen LogP contribution is 2.18. The maximum absolute atomic E-state index is 12.5. The fourth-order valence-corrected chi connectivity index (χ4v) is 3.57. The van der Waals surface area contributed by atoms with Crippen molar-refractivity contribution < 1.29 is 13.2 Å². The van der Waals surface area contributed by atoms with Crippen LogP contribution in [-0.2, 0) is 21.4 Å². The molecule has 136 valence electrons. The van der Waals surface area contributed by atoms with Gasteiger partial charge in [0.1, 0.15) is 5.82 Å². The number of hydrogen-bond acceptors (Lipinski definition) is 4. The normalized spacial score (nSPS) is 11.7. The molecule has 0 aliphatic rings. The van der Waals surface area contributed by atoms with Crippen molar-refractivity contribution in [2.45, 2.75) is 31.2 Å². The van der Waals surface area contributed by atoms with E-state index in [4.69, 9.17) is 0 Å². The van der Waals surface area contributed by atoms with E-state index >= 15 is 0 Å². The predicted molar refractivity (Wildman–Crippen MR) is 99.7 cm³/mol. The van der Waals surface area contributed by atoms with Crippen molar-refractivity contribution in [3.63, 3.8) is 0 Å². The van der Waals surface area contributed by atoms with Gasteiger partial charge in [-0.1, -0.05) is 29.3 Å². The van der Waals surface area contributed by atoms with Crippen molar-refractivity contribution in [1.29, 1.82) is 0 Å². The lowest BCUT2D eigenvalue weighted by Crippen LogP contribution is -2.35. The molecule has 1 aromatic carbocycles. The number of likely N-dealkylation sites (N-methyl/N-ethyl adjacent to an activating group) is 1. The van der Waals surface area contributed by atoms with Crippen LogP contribution in [0.3, 0.4) is 0 Å². The summed E-state index contributed by atoms with van der Waals surface area (Å²) in [5.41, 5.74) is 0. The van der Waals surface area contributed by atoms with Crippen molar-refractivity contribution in [2.75, 3.05) is 18.9 Å².